The SMILES string of the molecule is Cc1cc(NC(C)C)nc(N2CCCc3ccccc32)n1. The van der Waals surface area contributed by atoms with Crippen LogP contribution in [0.25, 0.3) is 0 Å². The first kappa shape index (κ1) is 13.9. The zero-order chi connectivity index (χ0) is 14.8. The number of aryl methyl sites for hydroxylation is 2. The summed E-state index contributed by atoms with van der Waals surface area (Å²) in [5, 5.41) is 3.37. The van der Waals surface area contributed by atoms with Crippen LogP contribution < -0.4 is 10.2 Å². The van der Waals surface area contributed by atoms with E-state index in [0.717, 1.165) is 36.8 Å². The number of nitrogens with one attached hydrogen (secondary N) is 1. The van der Waals surface area contributed by atoms with Gasteiger partial charge in [0, 0.05) is 30.0 Å². The molecule has 0 atom stereocenters. The van der Waals surface area contributed by atoms with E-state index in [9.17, 15) is 0 Å². The fraction of sp³-hybridized carbons (Fsp3) is 0.412. The predicted octanol–water partition coefficient (Wildman–Crippen LogP) is 3.69. The number of fused-ring (bicyclic) bond motifs is 1. The number of aromatic nitrogens is 2. The maximum Gasteiger partial charge on any atom is 0.232 e. The van der Waals surface area contributed by atoms with Gasteiger partial charge >= 0.3 is 0 Å². The highest BCUT2D eigenvalue weighted by atomic mass is 15.3. The molecule has 0 unspecified atom stereocenters. The number of hydrogen-bond acceptors (Lipinski definition) is 4. The van der Waals surface area contributed by atoms with E-state index in [0.29, 0.717) is 6.04 Å². The van der Waals surface area contributed by atoms with Gasteiger partial charge in [-0.3, -0.25) is 0 Å². The van der Waals surface area contributed by atoms with Gasteiger partial charge in [-0.15, -0.1) is 0 Å². The molecule has 0 bridgehead atoms. The van der Waals surface area contributed by atoms with Gasteiger partial charge in [-0.25, -0.2) is 4.98 Å². The van der Waals surface area contributed by atoms with Crippen LogP contribution in [0.3, 0.4) is 0 Å². The molecule has 1 aliphatic heterocycles. The summed E-state index contributed by atoms with van der Waals surface area (Å²) in [7, 11) is 0. The number of nitrogens with zero attached hydrogens (tertiary/aromatic N) is 3. The van der Waals surface area contributed by atoms with Crippen molar-refractivity contribution in [2.45, 2.75) is 39.7 Å². The van der Waals surface area contributed by atoms with Crippen molar-refractivity contribution >= 4 is 17.5 Å². The second-order valence-electron chi connectivity index (χ2n) is 5.88. The average Bonchev–Trinajstić information content (AvgIpc) is 2.45. The number of anilines is 3. The lowest BCUT2D eigenvalue weighted by atomic mass is 10.0. The molecular weight excluding hydrogens is 260 g/mol. The Morgan fingerprint density at radius 1 is 1.19 bits per heavy atom. The minimum absolute atomic E-state index is 0.362. The van der Waals surface area contributed by atoms with Crippen LogP contribution >= 0.6 is 0 Å². The molecule has 0 aliphatic carbocycles. The van der Waals surface area contributed by atoms with E-state index in [1.807, 2.05) is 13.0 Å². The Morgan fingerprint density at radius 3 is 2.81 bits per heavy atom. The molecule has 0 saturated heterocycles. The largest absolute Gasteiger partial charge is 0.368 e. The smallest absolute Gasteiger partial charge is 0.232 e. The van der Waals surface area contributed by atoms with E-state index in [1.165, 1.54) is 11.3 Å². The van der Waals surface area contributed by atoms with Gasteiger partial charge in [0.05, 0.1) is 0 Å². The summed E-state index contributed by atoms with van der Waals surface area (Å²) in [5.74, 6) is 1.70. The monoisotopic (exact) mass is 282 g/mol. The molecule has 0 amide bonds. The highest BCUT2D eigenvalue weighted by Crippen LogP contribution is 2.31. The Labute approximate surface area is 126 Å². The zero-order valence-corrected chi connectivity index (χ0v) is 12.9. The number of hydrogen-bond donors (Lipinski definition) is 1. The van der Waals surface area contributed by atoms with Crippen LogP contribution in [0.2, 0.25) is 0 Å². The molecule has 0 spiro atoms. The van der Waals surface area contributed by atoms with Crippen LogP contribution in [0.4, 0.5) is 17.5 Å². The molecule has 0 radical (unpaired) electrons. The van der Waals surface area contributed by atoms with Gasteiger partial charge in [0.1, 0.15) is 5.82 Å². The van der Waals surface area contributed by atoms with E-state index in [4.69, 9.17) is 4.98 Å². The van der Waals surface area contributed by atoms with Crippen molar-refractivity contribution in [3.63, 3.8) is 0 Å². The standard InChI is InChI=1S/C17H22N4/c1-12(2)18-16-11-13(3)19-17(20-16)21-10-6-8-14-7-4-5-9-15(14)21/h4-5,7,9,11-12H,6,8,10H2,1-3H3,(H,18,19,20). The van der Waals surface area contributed by atoms with Crippen LogP contribution in [0, 0.1) is 6.92 Å². The molecular formula is C17H22N4. The third kappa shape index (κ3) is 2.99. The van der Waals surface area contributed by atoms with Gasteiger partial charge < -0.3 is 10.2 Å². The second-order valence-corrected chi connectivity index (χ2v) is 5.88. The van der Waals surface area contributed by atoms with E-state index in [-0.39, 0.29) is 0 Å². The fourth-order valence-corrected chi connectivity index (χ4v) is 2.78. The first-order valence-corrected chi connectivity index (χ1v) is 7.61. The summed E-state index contributed by atoms with van der Waals surface area (Å²) in [4.78, 5) is 11.6. The van der Waals surface area contributed by atoms with Gasteiger partial charge in [0.25, 0.3) is 0 Å². The molecule has 110 valence electrons. The third-order valence-electron chi connectivity index (χ3n) is 3.63. The molecule has 2 aromatic rings. The third-order valence-corrected chi connectivity index (χ3v) is 3.63. The Bertz CT molecular complexity index is 636. The van der Waals surface area contributed by atoms with Crippen LogP contribution in [-0.2, 0) is 6.42 Å². The van der Waals surface area contributed by atoms with E-state index >= 15 is 0 Å². The molecule has 1 aromatic carbocycles. The summed E-state index contributed by atoms with van der Waals surface area (Å²) in [5.41, 5.74) is 3.61. The molecule has 1 N–H and O–H groups in total. The first-order valence-electron chi connectivity index (χ1n) is 7.61. The van der Waals surface area contributed by atoms with Crippen molar-refractivity contribution < 1.29 is 0 Å². The molecule has 0 fully saturated rings. The molecule has 4 heteroatoms. The lowest BCUT2D eigenvalue weighted by molar-refractivity contribution is 0.748. The lowest BCUT2D eigenvalue weighted by Crippen LogP contribution is -2.27. The minimum Gasteiger partial charge on any atom is -0.368 e. The summed E-state index contributed by atoms with van der Waals surface area (Å²) in [6, 6.07) is 10.9. The van der Waals surface area contributed by atoms with Gasteiger partial charge in [-0.05, 0) is 45.2 Å². The molecule has 2 heterocycles. The highest BCUT2D eigenvalue weighted by molar-refractivity contribution is 5.64. The van der Waals surface area contributed by atoms with Crippen molar-refractivity contribution in [3.05, 3.63) is 41.6 Å². The predicted molar refractivity (Wildman–Crippen MR) is 87.3 cm³/mol. The molecule has 1 aromatic heterocycles. The molecule has 1 aliphatic rings. The first-order chi connectivity index (χ1) is 10.1. The average molecular weight is 282 g/mol. The molecule has 0 saturated carbocycles. The summed E-state index contributed by atoms with van der Waals surface area (Å²) in [6.45, 7) is 7.23. The van der Waals surface area contributed by atoms with Crippen LogP contribution in [-0.4, -0.2) is 22.6 Å². The summed E-state index contributed by atoms with van der Waals surface area (Å²) < 4.78 is 0. The van der Waals surface area contributed by atoms with Gasteiger partial charge in [0.15, 0.2) is 0 Å². The normalized spacial score (nSPS) is 14.2. The maximum atomic E-state index is 4.70. The van der Waals surface area contributed by atoms with Gasteiger partial charge in [-0.2, -0.15) is 4.98 Å². The fourth-order valence-electron chi connectivity index (χ4n) is 2.78. The Balaban J connectivity index is 1.99. The quantitative estimate of drug-likeness (QED) is 0.932. The van der Waals surface area contributed by atoms with E-state index < -0.39 is 0 Å². The topological polar surface area (TPSA) is 41.1 Å². The number of para-hydroxylation sites is 1. The van der Waals surface area contributed by atoms with Crippen molar-refractivity contribution in [1.82, 2.24) is 9.97 Å². The van der Waals surface area contributed by atoms with Crippen LogP contribution in [0.5, 0.6) is 0 Å². The van der Waals surface area contributed by atoms with E-state index in [1.54, 1.807) is 0 Å². The number of rotatable bonds is 3. The van der Waals surface area contributed by atoms with Crippen molar-refractivity contribution in [2.75, 3.05) is 16.8 Å². The maximum absolute atomic E-state index is 4.70. The van der Waals surface area contributed by atoms with Gasteiger partial charge in [0.2, 0.25) is 5.95 Å². The van der Waals surface area contributed by atoms with Crippen molar-refractivity contribution in [3.8, 4) is 0 Å². The van der Waals surface area contributed by atoms with Crippen LogP contribution in [0.15, 0.2) is 30.3 Å². The Morgan fingerprint density at radius 2 is 2.00 bits per heavy atom. The molecule has 3 rings (SSSR count). The van der Waals surface area contributed by atoms with Crippen molar-refractivity contribution in [1.29, 1.82) is 0 Å². The van der Waals surface area contributed by atoms with Gasteiger partial charge in [-0.1, -0.05) is 18.2 Å². The minimum atomic E-state index is 0.362. The van der Waals surface area contributed by atoms with Crippen LogP contribution in [0.1, 0.15) is 31.5 Å². The summed E-state index contributed by atoms with van der Waals surface area (Å²) in [6.07, 6.45) is 2.27. The summed E-state index contributed by atoms with van der Waals surface area (Å²) >= 11 is 0. The Hall–Kier alpha value is -2.10. The molecule has 21 heavy (non-hydrogen) atoms. The zero-order valence-electron chi connectivity index (χ0n) is 12.9. The Kier molecular flexibility index (Phi) is 3.78. The highest BCUT2D eigenvalue weighted by Gasteiger charge is 2.20. The van der Waals surface area contributed by atoms with Crippen molar-refractivity contribution in [2.24, 2.45) is 0 Å². The van der Waals surface area contributed by atoms with E-state index in [2.05, 4.69) is 53.3 Å². The lowest BCUT2D eigenvalue weighted by Gasteiger charge is -2.29. The number of benzene rings is 1. The molecule has 4 nitrogen and oxygen atoms in total. The second kappa shape index (κ2) is 5.72.